The number of aryl methyl sites for hydroxylation is 1. The average molecular weight is 481 g/mol. The fourth-order valence-electron chi connectivity index (χ4n) is 5.68. The molecule has 0 atom stereocenters. The van der Waals surface area contributed by atoms with Crippen LogP contribution in [0.2, 0.25) is 0 Å². The van der Waals surface area contributed by atoms with Crippen molar-refractivity contribution in [1.29, 1.82) is 0 Å². The van der Waals surface area contributed by atoms with Gasteiger partial charge in [-0.25, -0.2) is 19.2 Å². The summed E-state index contributed by atoms with van der Waals surface area (Å²) in [4.78, 5) is 39.8. The molecule has 2 aliphatic carbocycles. The molecule has 3 amide bonds. The minimum Gasteiger partial charge on any atom is -0.330 e. The fraction of sp³-hybridized carbons (Fsp3) is 0.538. The van der Waals surface area contributed by atoms with Gasteiger partial charge in [0, 0.05) is 18.5 Å². The molecule has 1 N–H and O–H groups in total. The molecule has 5 rings (SSSR count). The van der Waals surface area contributed by atoms with E-state index in [9.17, 15) is 14.0 Å². The molecule has 35 heavy (non-hydrogen) atoms. The van der Waals surface area contributed by atoms with Gasteiger partial charge in [0.2, 0.25) is 11.9 Å². The van der Waals surface area contributed by atoms with Crippen LogP contribution in [0, 0.1) is 18.7 Å². The van der Waals surface area contributed by atoms with Gasteiger partial charge >= 0.3 is 6.03 Å². The van der Waals surface area contributed by atoms with Crippen molar-refractivity contribution in [3.8, 4) is 0 Å². The van der Waals surface area contributed by atoms with Crippen molar-refractivity contribution in [2.45, 2.75) is 56.5 Å². The second-order valence-corrected chi connectivity index (χ2v) is 10.5. The molecule has 1 aliphatic heterocycles. The molecule has 0 bridgehead atoms. The van der Waals surface area contributed by atoms with Crippen LogP contribution < -0.4 is 15.1 Å². The molecular formula is C26H33FN6O2. The summed E-state index contributed by atoms with van der Waals surface area (Å²) >= 11 is 0. The van der Waals surface area contributed by atoms with E-state index in [1.54, 1.807) is 30.3 Å². The summed E-state index contributed by atoms with van der Waals surface area (Å²) in [7, 11) is 5.77. The molecule has 3 fully saturated rings. The number of benzene rings is 1. The third kappa shape index (κ3) is 4.16. The van der Waals surface area contributed by atoms with Gasteiger partial charge in [0.05, 0.1) is 29.7 Å². The van der Waals surface area contributed by atoms with Crippen molar-refractivity contribution in [3.05, 3.63) is 47.5 Å². The largest absolute Gasteiger partial charge is 0.330 e. The normalized spacial score (nSPS) is 26.3. The molecule has 1 aromatic carbocycles. The predicted octanol–water partition coefficient (Wildman–Crippen LogP) is 3.60. The lowest BCUT2D eigenvalue weighted by atomic mass is 9.69. The zero-order valence-corrected chi connectivity index (χ0v) is 20.8. The molecule has 0 unspecified atom stereocenters. The summed E-state index contributed by atoms with van der Waals surface area (Å²) in [5.41, 5.74) is 1.67. The maximum Gasteiger partial charge on any atom is 0.322 e. The lowest BCUT2D eigenvalue weighted by Gasteiger charge is -2.48. The van der Waals surface area contributed by atoms with Gasteiger partial charge in [0.25, 0.3) is 0 Å². The van der Waals surface area contributed by atoms with Crippen LogP contribution in [0.3, 0.4) is 0 Å². The van der Waals surface area contributed by atoms with Crippen molar-refractivity contribution >= 4 is 23.6 Å². The first-order valence-electron chi connectivity index (χ1n) is 12.3. The highest BCUT2D eigenvalue weighted by molar-refractivity contribution is 5.96. The van der Waals surface area contributed by atoms with Gasteiger partial charge in [-0.1, -0.05) is 12.1 Å². The van der Waals surface area contributed by atoms with E-state index in [-0.39, 0.29) is 34.8 Å². The number of amides is 3. The standard InChI is InChI=1S/C26H33FN6O2/c1-17-21(15-28-23(29-17)32(4)22(34)18-8-9-18)33-16-25(30-24(33)35)10-12-26(13-11-25,31(2)3)19-6-5-7-20(27)14-19/h5-7,14-15,18H,8-13,16H2,1-4H3,(H,30,35)/t25-,26+. The summed E-state index contributed by atoms with van der Waals surface area (Å²) in [6.45, 7) is 2.37. The van der Waals surface area contributed by atoms with Crippen molar-refractivity contribution in [2.75, 3.05) is 37.5 Å². The van der Waals surface area contributed by atoms with E-state index < -0.39 is 0 Å². The van der Waals surface area contributed by atoms with Crippen molar-refractivity contribution in [1.82, 2.24) is 20.2 Å². The predicted molar refractivity (Wildman–Crippen MR) is 132 cm³/mol. The number of urea groups is 1. The molecule has 8 nitrogen and oxygen atoms in total. The number of nitrogens with one attached hydrogen (secondary N) is 1. The first kappa shape index (κ1) is 23.7. The third-order valence-corrected chi connectivity index (χ3v) is 8.12. The van der Waals surface area contributed by atoms with Crippen LogP contribution in [0.5, 0.6) is 0 Å². The van der Waals surface area contributed by atoms with Gasteiger partial charge in [-0.3, -0.25) is 19.5 Å². The summed E-state index contributed by atoms with van der Waals surface area (Å²) in [6.07, 6.45) is 6.66. The Balaban J connectivity index is 1.33. The molecule has 186 valence electrons. The van der Waals surface area contributed by atoms with Crippen LogP contribution in [0.4, 0.5) is 20.8 Å². The summed E-state index contributed by atoms with van der Waals surface area (Å²) in [6, 6.07) is 6.71. The Bertz CT molecular complexity index is 1160. The number of carbonyl (C=O) groups is 2. The molecule has 2 heterocycles. The van der Waals surface area contributed by atoms with Gasteiger partial charge in [-0.2, -0.15) is 0 Å². The number of carbonyl (C=O) groups excluding carboxylic acids is 2. The monoisotopic (exact) mass is 480 g/mol. The maximum atomic E-state index is 14.0. The van der Waals surface area contributed by atoms with Crippen molar-refractivity contribution in [3.63, 3.8) is 0 Å². The van der Waals surface area contributed by atoms with Gasteiger partial charge in [0.1, 0.15) is 5.82 Å². The molecule has 2 aromatic rings. The topological polar surface area (TPSA) is 81.7 Å². The van der Waals surface area contributed by atoms with Crippen LogP contribution in [0.1, 0.15) is 49.8 Å². The van der Waals surface area contributed by atoms with Crippen LogP contribution in [0.25, 0.3) is 0 Å². The molecule has 0 radical (unpaired) electrons. The van der Waals surface area contributed by atoms with E-state index in [1.807, 2.05) is 27.1 Å². The Labute approximate surface area is 205 Å². The number of anilines is 2. The Morgan fingerprint density at radius 1 is 1.17 bits per heavy atom. The number of hydrogen-bond donors (Lipinski definition) is 1. The number of nitrogens with zero attached hydrogens (tertiary/aromatic N) is 5. The Morgan fingerprint density at radius 3 is 2.49 bits per heavy atom. The van der Waals surface area contributed by atoms with Crippen LogP contribution in [-0.2, 0) is 10.3 Å². The number of halogens is 1. The number of rotatable bonds is 5. The molecule has 1 spiro atoms. The Kier molecular flexibility index (Phi) is 5.78. The number of hydrogen-bond acceptors (Lipinski definition) is 5. The van der Waals surface area contributed by atoms with Gasteiger partial charge in [-0.05, 0) is 77.2 Å². The molecule has 1 saturated heterocycles. The second-order valence-electron chi connectivity index (χ2n) is 10.5. The highest BCUT2D eigenvalue weighted by Crippen LogP contribution is 2.46. The SMILES string of the molecule is Cc1nc(N(C)C(=O)C2CC2)ncc1N1C[C@]2(CC[C@](c3cccc(F)c3)(N(C)C)CC2)NC1=O. The minimum absolute atomic E-state index is 0.0416. The van der Waals surface area contributed by atoms with Gasteiger partial charge < -0.3 is 5.32 Å². The molecular weight excluding hydrogens is 447 g/mol. The maximum absolute atomic E-state index is 14.0. The lowest BCUT2D eigenvalue weighted by Crippen LogP contribution is -2.54. The zero-order valence-electron chi connectivity index (χ0n) is 20.8. The van der Waals surface area contributed by atoms with E-state index in [0.717, 1.165) is 44.1 Å². The van der Waals surface area contributed by atoms with E-state index in [4.69, 9.17) is 0 Å². The quantitative estimate of drug-likeness (QED) is 0.707. The fourth-order valence-corrected chi connectivity index (χ4v) is 5.68. The molecule has 2 saturated carbocycles. The summed E-state index contributed by atoms with van der Waals surface area (Å²) in [5.74, 6) is 0.259. The van der Waals surface area contributed by atoms with E-state index in [0.29, 0.717) is 23.9 Å². The minimum atomic E-state index is -0.353. The van der Waals surface area contributed by atoms with E-state index in [1.165, 1.54) is 11.0 Å². The molecule has 1 aromatic heterocycles. The van der Waals surface area contributed by atoms with Crippen LogP contribution in [0.15, 0.2) is 30.5 Å². The summed E-state index contributed by atoms with van der Waals surface area (Å²) < 4.78 is 14.0. The third-order valence-electron chi connectivity index (χ3n) is 8.12. The Morgan fingerprint density at radius 2 is 1.89 bits per heavy atom. The zero-order chi connectivity index (χ0) is 25.0. The average Bonchev–Trinajstić information content (AvgIpc) is 3.63. The van der Waals surface area contributed by atoms with Crippen molar-refractivity contribution < 1.29 is 14.0 Å². The smallest absolute Gasteiger partial charge is 0.322 e. The molecule has 3 aliphatic rings. The van der Waals surface area contributed by atoms with Crippen LogP contribution >= 0.6 is 0 Å². The van der Waals surface area contributed by atoms with Gasteiger partial charge in [0.15, 0.2) is 0 Å². The highest BCUT2D eigenvalue weighted by Gasteiger charge is 2.50. The van der Waals surface area contributed by atoms with Crippen LogP contribution in [-0.4, -0.2) is 60.0 Å². The van der Waals surface area contributed by atoms with E-state index in [2.05, 4.69) is 20.2 Å². The Hall–Kier alpha value is -3.07. The summed E-state index contributed by atoms with van der Waals surface area (Å²) in [5, 5.41) is 3.24. The van der Waals surface area contributed by atoms with Crippen molar-refractivity contribution in [2.24, 2.45) is 5.92 Å². The first-order chi connectivity index (χ1) is 16.6. The first-order valence-corrected chi connectivity index (χ1v) is 12.3. The number of aromatic nitrogens is 2. The lowest BCUT2D eigenvalue weighted by molar-refractivity contribution is -0.119. The molecule has 9 heteroatoms. The highest BCUT2D eigenvalue weighted by atomic mass is 19.1. The second kappa shape index (κ2) is 8.55. The van der Waals surface area contributed by atoms with Gasteiger partial charge in [-0.15, -0.1) is 0 Å². The van der Waals surface area contributed by atoms with E-state index >= 15 is 0 Å².